The van der Waals surface area contributed by atoms with E-state index in [-0.39, 0.29) is 30.5 Å². The lowest BCUT2D eigenvalue weighted by Crippen LogP contribution is -2.40. The van der Waals surface area contributed by atoms with E-state index in [1.165, 1.54) is 12.3 Å². The molecule has 130 valence electrons. The zero-order chi connectivity index (χ0) is 17.8. The molecule has 0 saturated heterocycles. The average molecular weight is 341 g/mol. The summed E-state index contributed by atoms with van der Waals surface area (Å²) in [6, 6.07) is 6.96. The summed E-state index contributed by atoms with van der Waals surface area (Å²) in [5.74, 6) is 0.438. The van der Waals surface area contributed by atoms with Gasteiger partial charge in [-0.1, -0.05) is 11.2 Å². The van der Waals surface area contributed by atoms with Crippen molar-refractivity contribution in [3.8, 4) is 5.75 Å². The third-order valence-electron chi connectivity index (χ3n) is 4.08. The standard InChI is InChI=1S/C18H19N3O4/c1-3-9-20-12-13-11-14(24-2)4-5-15(13)21(10-7-17(20)22)18(23)16-6-8-19-25-16/h3-6,8,11H,1,7,9-10,12H2,2H3. The second-order valence-electron chi connectivity index (χ2n) is 5.64. The molecular formula is C18H19N3O4. The Balaban J connectivity index is 2.03. The van der Waals surface area contributed by atoms with Crippen molar-refractivity contribution >= 4 is 17.5 Å². The normalized spacial score (nSPS) is 14.5. The molecule has 0 atom stereocenters. The van der Waals surface area contributed by atoms with Gasteiger partial charge in [0.25, 0.3) is 5.91 Å². The van der Waals surface area contributed by atoms with Gasteiger partial charge in [-0.05, 0) is 23.8 Å². The third kappa shape index (κ3) is 3.40. The smallest absolute Gasteiger partial charge is 0.296 e. The van der Waals surface area contributed by atoms with Crippen LogP contribution in [0.3, 0.4) is 0 Å². The molecule has 2 amide bonds. The van der Waals surface area contributed by atoms with Gasteiger partial charge in [-0.3, -0.25) is 9.59 Å². The van der Waals surface area contributed by atoms with E-state index in [4.69, 9.17) is 9.26 Å². The molecule has 0 aliphatic carbocycles. The van der Waals surface area contributed by atoms with Gasteiger partial charge in [0.2, 0.25) is 11.7 Å². The number of carbonyl (C=O) groups is 2. The Morgan fingerprint density at radius 1 is 1.44 bits per heavy atom. The van der Waals surface area contributed by atoms with Gasteiger partial charge < -0.3 is 19.1 Å². The molecule has 0 N–H and O–H groups in total. The number of hydrogen-bond donors (Lipinski definition) is 0. The monoisotopic (exact) mass is 341 g/mol. The first-order chi connectivity index (χ1) is 12.1. The van der Waals surface area contributed by atoms with Crippen LogP contribution < -0.4 is 9.64 Å². The lowest BCUT2D eigenvalue weighted by atomic mass is 10.1. The second kappa shape index (κ2) is 7.21. The first kappa shape index (κ1) is 16.8. The number of nitrogens with zero attached hydrogens (tertiary/aromatic N) is 3. The van der Waals surface area contributed by atoms with Gasteiger partial charge in [-0.2, -0.15) is 0 Å². The molecule has 7 heteroatoms. The minimum Gasteiger partial charge on any atom is -0.497 e. The van der Waals surface area contributed by atoms with Crippen molar-refractivity contribution in [3.05, 3.63) is 54.4 Å². The molecule has 1 aliphatic rings. The zero-order valence-corrected chi connectivity index (χ0v) is 14.0. The van der Waals surface area contributed by atoms with Crippen molar-refractivity contribution in [1.29, 1.82) is 0 Å². The lowest BCUT2D eigenvalue weighted by molar-refractivity contribution is -0.131. The van der Waals surface area contributed by atoms with E-state index in [2.05, 4.69) is 11.7 Å². The third-order valence-corrected chi connectivity index (χ3v) is 4.08. The van der Waals surface area contributed by atoms with E-state index in [0.29, 0.717) is 18.8 Å². The quantitative estimate of drug-likeness (QED) is 0.797. The SMILES string of the molecule is C=CCN1Cc2cc(OC)ccc2N(C(=O)c2ccno2)CCC1=O. The maximum atomic E-state index is 12.8. The summed E-state index contributed by atoms with van der Waals surface area (Å²) in [5, 5.41) is 3.59. The fourth-order valence-electron chi connectivity index (χ4n) is 2.85. The number of benzene rings is 1. The summed E-state index contributed by atoms with van der Waals surface area (Å²) >= 11 is 0. The summed E-state index contributed by atoms with van der Waals surface area (Å²) in [4.78, 5) is 28.5. The fraction of sp³-hybridized carbons (Fsp3) is 0.278. The van der Waals surface area contributed by atoms with Crippen LogP contribution in [0.1, 0.15) is 22.5 Å². The van der Waals surface area contributed by atoms with Crippen molar-refractivity contribution < 1.29 is 18.8 Å². The Morgan fingerprint density at radius 2 is 2.28 bits per heavy atom. The Hall–Kier alpha value is -3.09. The highest BCUT2D eigenvalue weighted by Gasteiger charge is 2.28. The number of fused-ring (bicyclic) bond motifs is 1. The van der Waals surface area contributed by atoms with Crippen LogP contribution in [-0.2, 0) is 11.3 Å². The van der Waals surface area contributed by atoms with Crippen LogP contribution in [-0.4, -0.2) is 42.1 Å². The maximum absolute atomic E-state index is 12.8. The summed E-state index contributed by atoms with van der Waals surface area (Å²) in [5.41, 5.74) is 1.55. The molecule has 0 saturated carbocycles. The molecule has 25 heavy (non-hydrogen) atoms. The van der Waals surface area contributed by atoms with Crippen molar-refractivity contribution in [2.24, 2.45) is 0 Å². The molecule has 0 bridgehead atoms. The van der Waals surface area contributed by atoms with Crippen molar-refractivity contribution in [1.82, 2.24) is 10.1 Å². The predicted molar refractivity (Wildman–Crippen MR) is 91.4 cm³/mol. The number of hydrogen-bond acceptors (Lipinski definition) is 5. The van der Waals surface area contributed by atoms with Crippen LogP contribution in [0.25, 0.3) is 0 Å². The van der Waals surface area contributed by atoms with Gasteiger partial charge in [0.05, 0.1) is 13.3 Å². The second-order valence-corrected chi connectivity index (χ2v) is 5.64. The highest BCUT2D eigenvalue weighted by atomic mass is 16.5. The first-order valence-electron chi connectivity index (χ1n) is 7.92. The zero-order valence-electron chi connectivity index (χ0n) is 14.0. The van der Waals surface area contributed by atoms with Gasteiger partial charge in [-0.15, -0.1) is 6.58 Å². The molecule has 1 aromatic carbocycles. The van der Waals surface area contributed by atoms with E-state index in [1.54, 1.807) is 29.1 Å². The van der Waals surface area contributed by atoms with Gasteiger partial charge in [0.15, 0.2) is 0 Å². The molecule has 1 aromatic heterocycles. The Kier molecular flexibility index (Phi) is 4.83. The number of amides is 2. The van der Waals surface area contributed by atoms with Crippen LogP contribution in [0.4, 0.5) is 5.69 Å². The van der Waals surface area contributed by atoms with E-state index >= 15 is 0 Å². The van der Waals surface area contributed by atoms with Crippen molar-refractivity contribution in [2.45, 2.75) is 13.0 Å². The largest absolute Gasteiger partial charge is 0.497 e. The van der Waals surface area contributed by atoms with Crippen LogP contribution >= 0.6 is 0 Å². The van der Waals surface area contributed by atoms with Crippen molar-refractivity contribution in [2.75, 3.05) is 25.1 Å². The molecule has 0 unspecified atom stereocenters. The van der Waals surface area contributed by atoms with Gasteiger partial charge in [-0.25, -0.2) is 0 Å². The average Bonchev–Trinajstić information content (AvgIpc) is 3.15. The number of methoxy groups -OCH3 is 1. The number of anilines is 1. The minimum absolute atomic E-state index is 0.0382. The summed E-state index contributed by atoms with van der Waals surface area (Å²) < 4.78 is 10.3. The predicted octanol–water partition coefficient (Wildman–Crippen LogP) is 2.25. The van der Waals surface area contributed by atoms with E-state index < -0.39 is 0 Å². The highest BCUT2D eigenvalue weighted by Crippen LogP contribution is 2.30. The summed E-state index contributed by atoms with van der Waals surface area (Å²) in [7, 11) is 1.58. The highest BCUT2D eigenvalue weighted by molar-refractivity contribution is 6.05. The molecule has 2 heterocycles. The topological polar surface area (TPSA) is 75.9 Å². The number of carbonyl (C=O) groups excluding carboxylic acids is 2. The fourth-order valence-corrected chi connectivity index (χ4v) is 2.85. The Labute approximate surface area is 145 Å². The molecular weight excluding hydrogens is 322 g/mol. The molecule has 0 fully saturated rings. The molecule has 0 radical (unpaired) electrons. The van der Waals surface area contributed by atoms with Crippen molar-refractivity contribution in [3.63, 3.8) is 0 Å². The van der Waals surface area contributed by atoms with Crippen LogP contribution in [0.2, 0.25) is 0 Å². The Morgan fingerprint density at radius 3 is 2.96 bits per heavy atom. The molecule has 1 aliphatic heterocycles. The summed E-state index contributed by atoms with van der Waals surface area (Å²) in [6.07, 6.45) is 3.33. The lowest BCUT2D eigenvalue weighted by Gasteiger charge is -2.31. The number of ether oxygens (including phenoxy) is 1. The summed E-state index contributed by atoms with van der Waals surface area (Å²) in [6.45, 7) is 4.79. The van der Waals surface area contributed by atoms with Crippen LogP contribution in [0.15, 0.2) is 47.6 Å². The van der Waals surface area contributed by atoms with Crippen LogP contribution in [0.5, 0.6) is 5.75 Å². The van der Waals surface area contributed by atoms with E-state index in [1.807, 2.05) is 12.1 Å². The van der Waals surface area contributed by atoms with E-state index in [9.17, 15) is 9.59 Å². The molecule has 0 spiro atoms. The Bertz CT molecular complexity index is 786. The minimum atomic E-state index is -0.325. The van der Waals surface area contributed by atoms with Gasteiger partial charge in [0.1, 0.15) is 5.75 Å². The van der Waals surface area contributed by atoms with E-state index in [0.717, 1.165) is 11.3 Å². The van der Waals surface area contributed by atoms with Crippen LogP contribution in [0, 0.1) is 0 Å². The molecule has 2 aromatic rings. The number of aromatic nitrogens is 1. The van der Waals surface area contributed by atoms with Gasteiger partial charge in [0, 0.05) is 37.8 Å². The first-order valence-corrected chi connectivity index (χ1v) is 7.92. The van der Waals surface area contributed by atoms with Gasteiger partial charge >= 0.3 is 0 Å². The molecule has 7 nitrogen and oxygen atoms in total. The maximum Gasteiger partial charge on any atom is 0.296 e. The molecule has 3 rings (SSSR count). The number of rotatable bonds is 4.